The molecule has 0 bridgehead atoms. The highest BCUT2D eigenvalue weighted by Crippen LogP contribution is 1.72. The minimum absolute atomic E-state index is 0.137. The van der Waals surface area contributed by atoms with E-state index < -0.39 is 0 Å². The SMILES string of the molecule is CONC(=O)CN(C)C. The van der Waals surface area contributed by atoms with Crippen LogP contribution in [0.5, 0.6) is 0 Å². The molecule has 0 heterocycles. The van der Waals surface area contributed by atoms with Crippen molar-refractivity contribution in [3.05, 3.63) is 0 Å². The highest BCUT2D eigenvalue weighted by atomic mass is 16.6. The standard InChI is InChI=1S/C5H12N2O2/c1-7(2)4-5(8)6-9-3/h4H2,1-3H3,(H,6,8). The molecule has 0 aliphatic carbocycles. The lowest BCUT2D eigenvalue weighted by Gasteiger charge is -2.07. The van der Waals surface area contributed by atoms with Crippen molar-refractivity contribution in [1.82, 2.24) is 10.4 Å². The minimum Gasteiger partial charge on any atom is -0.301 e. The fraction of sp³-hybridized carbons (Fsp3) is 0.800. The molecule has 1 amide bonds. The van der Waals surface area contributed by atoms with Crippen LogP contribution in [0.1, 0.15) is 0 Å². The molecule has 0 saturated heterocycles. The van der Waals surface area contributed by atoms with E-state index in [9.17, 15) is 4.79 Å². The van der Waals surface area contributed by atoms with Gasteiger partial charge in [0.2, 0.25) is 0 Å². The van der Waals surface area contributed by atoms with Gasteiger partial charge in [0.1, 0.15) is 0 Å². The number of hydrogen-bond acceptors (Lipinski definition) is 3. The second kappa shape index (κ2) is 4.29. The lowest BCUT2D eigenvalue weighted by molar-refractivity contribution is -0.131. The quantitative estimate of drug-likeness (QED) is 0.512. The van der Waals surface area contributed by atoms with Crippen molar-refractivity contribution >= 4 is 5.91 Å². The number of carbonyl (C=O) groups excluding carboxylic acids is 1. The van der Waals surface area contributed by atoms with Gasteiger partial charge in [0.25, 0.3) is 5.91 Å². The third kappa shape index (κ3) is 5.26. The Balaban J connectivity index is 3.27. The highest BCUT2D eigenvalue weighted by molar-refractivity contribution is 5.76. The van der Waals surface area contributed by atoms with Gasteiger partial charge in [0.05, 0.1) is 13.7 Å². The molecule has 4 heteroatoms. The first-order valence-corrected chi connectivity index (χ1v) is 2.63. The molecule has 9 heavy (non-hydrogen) atoms. The first kappa shape index (κ1) is 8.39. The van der Waals surface area contributed by atoms with E-state index in [0.717, 1.165) is 0 Å². The third-order valence-electron chi connectivity index (χ3n) is 0.676. The molecule has 0 rings (SSSR count). The lowest BCUT2D eigenvalue weighted by Crippen LogP contribution is -2.32. The van der Waals surface area contributed by atoms with E-state index in [2.05, 4.69) is 10.3 Å². The monoisotopic (exact) mass is 132 g/mol. The van der Waals surface area contributed by atoms with Gasteiger partial charge in [-0.25, -0.2) is 5.48 Å². The molecule has 0 radical (unpaired) electrons. The van der Waals surface area contributed by atoms with Gasteiger partial charge in [0, 0.05) is 0 Å². The Morgan fingerprint density at radius 3 is 2.56 bits per heavy atom. The summed E-state index contributed by atoms with van der Waals surface area (Å²) in [4.78, 5) is 16.7. The van der Waals surface area contributed by atoms with Gasteiger partial charge in [-0.3, -0.25) is 9.63 Å². The average molecular weight is 132 g/mol. The Morgan fingerprint density at radius 1 is 1.67 bits per heavy atom. The number of nitrogens with zero attached hydrogens (tertiary/aromatic N) is 1. The van der Waals surface area contributed by atoms with Crippen LogP contribution >= 0.6 is 0 Å². The van der Waals surface area contributed by atoms with Gasteiger partial charge >= 0.3 is 0 Å². The van der Waals surface area contributed by atoms with Gasteiger partial charge in [0.15, 0.2) is 0 Å². The number of nitrogens with one attached hydrogen (secondary N) is 1. The topological polar surface area (TPSA) is 41.6 Å². The zero-order valence-electron chi connectivity index (χ0n) is 5.97. The van der Waals surface area contributed by atoms with Crippen LogP contribution in [0, 0.1) is 0 Å². The predicted molar refractivity (Wildman–Crippen MR) is 33.7 cm³/mol. The fourth-order valence-corrected chi connectivity index (χ4v) is 0.433. The first-order valence-electron chi connectivity index (χ1n) is 2.63. The number of carbonyl (C=O) groups is 1. The van der Waals surface area contributed by atoms with Crippen molar-refractivity contribution in [2.24, 2.45) is 0 Å². The molecule has 0 atom stereocenters. The van der Waals surface area contributed by atoms with Crippen LogP contribution in [0.25, 0.3) is 0 Å². The minimum atomic E-state index is -0.137. The van der Waals surface area contributed by atoms with Crippen molar-refractivity contribution in [1.29, 1.82) is 0 Å². The summed E-state index contributed by atoms with van der Waals surface area (Å²) in [6, 6.07) is 0. The Labute approximate surface area is 54.7 Å². The Morgan fingerprint density at radius 2 is 2.22 bits per heavy atom. The van der Waals surface area contributed by atoms with E-state index in [1.807, 2.05) is 14.1 Å². The molecule has 0 aliphatic heterocycles. The molecular weight excluding hydrogens is 120 g/mol. The molecule has 54 valence electrons. The third-order valence-corrected chi connectivity index (χ3v) is 0.676. The highest BCUT2D eigenvalue weighted by Gasteiger charge is 1.99. The van der Waals surface area contributed by atoms with E-state index in [-0.39, 0.29) is 5.91 Å². The van der Waals surface area contributed by atoms with Gasteiger partial charge in [-0.1, -0.05) is 0 Å². The molecular formula is C5H12N2O2. The molecule has 0 fully saturated rings. The summed E-state index contributed by atoms with van der Waals surface area (Å²) in [5.74, 6) is -0.137. The van der Waals surface area contributed by atoms with Crippen LogP contribution in [-0.2, 0) is 9.63 Å². The molecule has 0 aromatic rings. The van der Waals surface area contributed by atoms with Gasteiger partial charge in [-0.05, 0) is 14.1 Å². The van der Waals surface area contributed by atoms with E-state index >= 15 is 0 Å². The Hall–Kier alpha value is -0.610. The molecule has 0 unspecified atom stereocenters. The molecule has 0 spiro atoms. The fourth-order valence-electron chi connectivity index (χ4n) is 0.433. The van der Waals surface area contributed by atoms with Gasteiger partial charge < -0.3 is 4.90 Å². The summed E-state index contributed by atoms with van der Waals surface area (Å²) >= 11 is 0. The first-order chi connectivity index (χ1) is 4.16. The van der Waals surface area contributed by atoms with Gasteiger partial charge in [-0.15, -0.1) is 0 Å². The molecule has 0 aliphatic rings. The zero-order valence-corrected chi connectivity index (χ0v) is 5.97. The number of hydrogen-bond donors (Lipinski definition) is 1. The van der Waals surface area contributed by atoms with E-state index in [1.54, 1.807) is 4.90 Å². The van der Waals surface area contributed by atoms with Crippen LogP contribution in [0.2, 0.25) is 0 Å². The van der Waals surface area contributed by atoms with E-state index in [4.69, 9.17) is 0 Å². The van der Waals surface area contributed by atoms with E-state index in [0.29, 0.717) is 6.54 Å². The smallest absolute Gasteiger partial charge is 0.257 e. The molecule has 0 aromatic carbocycles. The Kier molecular flexibility index (Phi) is 4.00. The van der Waals surface area contributed by atoms with Crippen molar-refractivity contribution in [3.63, 3.8) is 0 Å². The zero-order chi connectivity index (χ0) is 7.28. The van der Waals surface area contributed by atoms with Crippen LogP contribution in [0.4, 0.5) is 0 Å². The summed E-state index contributed by atoms with van der Waals surface area (Å²) in [5, 5.41) is 0. The Bertz CT molecular complexity index is 93.0. The molecule has 0 aromatic heterocycles. The van der Waals surface area contributed by atoms with Crippen LogP contribution in [-0.4, -0.2) is 38.6 Å². The number of hydroxylamine groups is 1. The maximum atomic E-state index is 10.6. The van der Waals surface area contributed by atoms with Crippen molar-refractivity contribution < 1.29 is 9.63 Å². The van der Waals surface area contributed by atoms with Gasteiger partial charge in [-0.2, -0.15) is 0 Å². The van der Waals surface area contributed by atoms with Crippen LogP contribution in [0.3, 0.4) is 0 Å². The maximum Gasteiger partial charge on any atom is 0.257 e. The van der Waals surface area contributed by atoms with Crippen molar-refractivity contribution in [3.8, 4) is 0 Å². The summed E-state index contributed by atoms with van der Waals surface area (Å²) in [6.07, 6.45) is 0. The average Bonchev–Trinajstić information content (AvgIpc) is 1.63. The normalized spacial score (nSPS) is 9.78. The van der Waals surface area contributed by atoms with Crippen LogP contribution in [0.15, 0.2) is 0 Å². The second-order valence-electron chi connectivity index (χ2n) is 1.97. The number of rotatable bonds is 3. The maximum absolute atomic E-state index is 10.6. The predicted octanol–water partition coefficient (Wildman–Crippen LogP) is -0.774. The van der Waals surface area contributed by atoms with Crippen LogP contribution < -0.4 is 5.48 Å². The van der Waals surface area contributed by atoms with Crippen molar-refractivity contribution in [2.75, 3.05) is 27.7 Å². The number of amides is 1. The molecule has 4 nitrogen and oxygen atoms in total. The number of likely N-dealkylation sites (N-methyl/N-ethyl adjacent to an activating group) is 1. The largest absolute Gasteiger partial charge is 0.301 e. The lowest BCUT2D eigenvalue weighted by atomic mass is 10.6. The summed E-state index contributed by atoms with van der Waals surface area (Å²) in [6.45, 7) is 0.355. The van der Waals surface area contributed by atoms with Crippen molar-refractivity contribution in [2.45, 2.75) is 0 Å². The second-order valence-corrected chi connectivity index (χ2v) is 1.97. The summed E-state index contributed by atoms with van der Waals surface area (Å²) < 4.78 is 0. The van der Waals surface area contributed by atoms with E-state index in [1.165, 1.54) is 7.11 Å². The summed E-state index contributed by atoms with van der Waals surface area (Å²) in [7, 11) is 5.04. The molecule has 0 saturated carbocycles. The molecule has 1 N–H and O–H groups in total. The summed E-state index contributed by atoms with van der Waals surface area (Å²) in [5.41, 5.74) is 2.20.